The van der Waals surface area contributed by atoms with Crippen molar-refractivity contribution in [2.75, 3.05) is 29.9 Å². The molecule has 2 heterocycles. The van der Waals surface area contributed by atoms with E-state index in [0.717, 1.165) is 43.5 Å². The molecule has 0 aliphatic carbocycles. The van der Waals surface area contributed by atoms with Crippen LogP contribution >= 0.6 is 11.6 Å². The lowest BCUT2D eigenvalue weighted by Crippen LogP contribution is -2.44. The number of amides is 3. The van der Waals surface area contributed by atoms with Gasteiger partial charge in [0.05, 0.1) is 11.4 Å². The number of benzene rings is 3. The van der Waals surface area contributed by atoms with Gasteiger partial charge >= 0.3 is 0 Å². The molecule has 1 saturated heterocycles. The zero-order chi connectivity index (χ0) is 26.6. The van der Waals surface area contributed by atoms with E-state index in [9.17, 15) is 14.4 Å². The number of anilines is 2. The van der Waals surface area contributed by atoms with E-state index in [4.69, 9.17) is 16.6 Å². The molecule has 1 atom stereocenters. The van der Waals surface area contributed by atoms with Crippen LogP contribution in [-0.4, -0.2) is 48.0 Å². The molecule has 1 unspecified atom stereocenters. The number of likely N-dealkylation sites (tertiary alicyclic amines) is 1. The van der Waals surface area contributed by atoms with E-state index in [2.05, 4.69) is 5.32 Å². The molecule has 8 heteroatoms. The van der Waals surface area contributed by atoms with Gasteiger partial charge in [0.15, 0.2) is 0 Å². The van der Waals surface area contributed by atoms with Crippen molar-refractivity contribution < 1.29 is 14.4 Å². The number of hydrogen-bond acceptors (Lipinski definition) is 4. The highest BCUT2D eigenvalue weighted by Gasteiger charge is 2.35. The van der Waals surface area contributed by atoms with E-state index in [-0.39, 0.29) is 24.3 Å². The Balaban J connectivity index is 1.45. The summed E-state index contributed by atoms with van der Waals surface area (Å²) in [6, 6.07) is 22.1. The van der Waals surface area contributed by atoms with Crippen LogP contribution in [0.2, 0.25) is 5.02 Å². The Morgan fingerprint density at radius 2 is 1.71 bits per heavy atom. The minimum Gasteiger partial charge on any atom is -0.341 e. The number of nitrogens with zero attached hydrogens (tertiary/aromatic N) is 3. The second-order valence-corrected chi connectivity index (χ2v) is 10.0. The summed E-state index contributed by atoms with van der Waals surface area (Å²) in [6.45, 7) is 2.95. The SMILES string of the molecule is CC(=O)N(CC(=O)N1CCCCC1)c1ccc(N=C(c2ccccc2)C2C(=O)Nc3cc(Cl)ccc32)cc1. The first-order chi connectivity index (χ1) is 18.4. The number of carbonyl (C=O) groups excluding carboxylic acids is 3. The zero-order valence-corrected chi connectivity index (χ0v) is 21.9. The predicted octanol–water partition coefficient (Wildman–Crippen LogP) is 5.56. The lowest BCUT2D eigenvalue weighted by Gasteiger charge is -2.29. The molecule has 194 valence electrons. The number of halogens is 1. The van der Waals surface area contributed by atoms with Crippen molar-refractivity contribution in [3.8, 4) is 0 Å². The van der Waals surface area contributed by atoms with E-state index < -0.39 is 5.92 Å². The first-order valence-corrected chi connectivity index (χ1v) is 13.2. The van der Waals surface area contributed by atoms with Gasteiger partial charge in [0.25, 0.3) is 0 Å². The molecular formula is C30H29ClN4O3. The van der Waals surface area contributed by atoms with Gasteiger partial charge in [-0.05, 0) is 66.8 Å². The maximum absolute atomic E-state index is 13.1. The lowest BCUT2D eigenvalue weighted by atomic mass is 9.90. The quantitative estimate of drug-likeness (QED) is 0.425. The fraction of sp³-hybridized carbons (Fsp3) is 0.267. The number of hydrogen-bond donors (Lipinski definition) is 1. The highest BCUT2D eigenvalue weighted by atomic mass is 35.5. The van der Waals surface area contributed by atoms with Gasteiger partial charge in [-0.1, -0.05) is 48.0 Å². The molecule has 1 fully saturated rings. The van der Waals surface area contributed by atoms with E-state index in [0.29, 0.717) is 27.8 Å². The van der Waals surface area contributed by atoms with Gasteiger partial charge in [0.1, 0.15) is 12.5 Å². The fourth-order valence-corrected chi connectivity index (χ4v) is 5.19. The molecule has 38 heavy (non-hydrogen) atoms. The van der Waals surface area contributed by atoms with E-state index in [1.165, 1.54) is 11.8 Å². The number of nitrogens with one attached hydrogen (secondary N) is 1. The molecule has 0 spiro atoms. The van der Waals surface area contributed by atoms with Crippen molar-refractivity contribution in [2.45, 2.75) is 32.1 Å². The van der Waals surface area contributed by atoms with Crippen molar-refractivity contribution in [1.29, 1.82) is 0 Å². The molecule has 7 nitrogen and oxygen atoms in total. The Kier molecular flexibility index (Phi) is 7.56. The second kappa shape index (κ2) is 11.2. The highest BCUT2D eigenvalue weighted by Crippen LogP contribution is 2.37. The summed E-state index contributed by atoms with van der Waals surface area (Å²) < 4.78 is 0. The minimum atomic E-state index is -0.597. The monoisotopic (exact) mass is 528 g/mol. The van der Waals surface area contributed by atoms with Gasteiger partial charge in [-0.15, -0.1) is 0 Å². The number of fused-ring (bicyclic) bond motifs is 1. The van der Waals surface area contributed by atoms with Crippen LogP contribution in [-0.2, 0) is 14.4 Å². The van der Waals surface area contributed by atoms with Gasteiger partial charge in [-0.3, -0.25) is 19.4 Å². The standard InChI is InChI=1S/C30H29ClN4O3/c1-20(36)35(19-27(37)34-16-6-3-7-17-34)24-13-11-23(12-14-24)32-29(21-8-4-2-5-9-21)28-25-15-10-22(31)18-26(25)33-30(28)38/h2,4-5,8-15,18,28H,3,6-7,16-17,19H2,1H3,(H,33,38). The first kappa shape index (κ1) is 25.7. The summed E-state index contributed by atoms with van der Waals surface area (Å²) in [5, 5.41) is 3.47. The molecule has 3 aromatic carbocycles. The van der Waals surface area contributed by atoms with Crippen LogP contribution in [0.5, 0.6) is 0 Å². The molecule has 3 aromatic rings. The smallest absolute Gasteiger partial charge is 0.242 e. The first-order valence-electron chi connectivity index (χ1n) is 12.8. The molecule has 0 radical (unpaired) electrons. The maximum atomic E-state index is 13.1. The predicted molar refractivity (Wildman–Crippen MR) is 150 cm³/mol. The van der Waals surface area contributed by atoms with Gasteiger partial charge in [-0.25, -0.2) is 0 Å². The number of rotatable bonds is 6. The molecule has 2 aliphatic heterocycles. The maximum Gasteiger partial charge on any atom is 0.242 e. The van der Waals surface area contributed by atoms with Crippen molar-refractivity contribution in [2.24, 2.45) is 4.99 Å². The molecule has 0 saturated carbocycles. The fourth-order valence-electron chi connectivity index (χ4n) is 5.02. The number of aliphatic imine (C=N–C) groups is 1. The third kappa shape index (κ3) is 5.48. The summed E-state index contributed by atoms with van der Waals surface area (Å²) in [4.78, 5) is 46.6. The van der Waals surface area contributed by atoms with Crippen LogP contribution in [0.25, 0.3) is 0 Å². The Bertz CT molecular complexity index is 1380. The Hall–Kier alpha value is -3.97. The van der Waals surface area contributed by atoms with Crippen molar-refractivity contribution in [3.63, 3.8) is 0 Å². The van der Waals surface area contributed by atoms with Crippen LogP contribution in [0, 0.1) is 0 Å². The average molecular weight is 529 g/mol. The lowest BCUT2D eigenvalue weighted by molar-refractivity contribution is -0.132. The summed E-state index contributed by atoms with van der Waals surface area (Å²) in [6.07, 6.45) is 3.13. The van der Waals surface area contributed by atoms with Crippen molar-refractivity contribution >= 4 is 52.1 Å². The average Bonchev–Trinajstić information content (AvgIpc) is 3.25. The minimum absolute atomic E-state index is 0.00873. The van der Waals surface area contributed by atoms with Crippen LogP contribution in [0.4, 0.5) is 17.1 Å². The summed E-state index contributed by atoms with van der Waals surface area (Å²) in [5.41, 5.74) is 4.20. The van der Waals surface area contributed by atoms with E-state index >= 15 is 0 Å². The molecule has 0 bridgehead atoms. The molecular weight excluding hydrogens is 500 g/mol. The van der Waals surface area contributed by atoms with E-state index in [1.54, 1.807) is 36.4 Å². The molecule has 0 aromatic heterocycles. The Morgan fingerprint density at radius 1 is 1.00 bits per heavy atom. The molecule has 1 N–H and O–H groups in total. The largest absolute Gasteiger partial charge is 0.341 e. The van der Waals surface area contributed by atoms with Gasteiger partial charge in [0, 0.05) is 36.4 Å². The van der Waals surface area contributed by atoms with Crippen LogP contribution < -0.4 is 10.2 Å². The van der Waals surface area contributed by atoms with Gasteiger partial charge < -0.3 is 15.1 Å². The summed E-state index contributed by atoms with van der Waals surface area (Å²) in [7, 11) is 0. The summed E-state index contributed by atoms with van der Waals surface area (Å²) in [5.74, 6) is -1.01. The molecule has 5 rings (SSSR count). The van der Waals surface area contributed by atoms with Crippen molar-refractivity contribution in [3.05, 3.63) is 88.9 Å². The second-order valence-electron chi connectivity index (χ2n) is 9.58. The van der Waals surface area contributed by atoms with Crippen LogP contribution in [0.1, 0.15) is 43.2 Å². The highest BCUT2D eigenvalue weighted by molar-refractivity contribution is 6.31. The van der Waals surface area contributed by atoms with Crippen LogP contribution in [0.3, 0.4) is 0 Å². The third-order valence-electron chi connectivity index (χ3n) is 6.98. The topological polar surface area (TPSA) is 82.1 Å². The van der Waals surface area contributed by atoms with E-state index in [1.807, 2.05) is 41.3 Å². The normalized spacial score (nSPS) is 17.1. The van der Waals surface area contributed by atoms with Gasteiger partial charge in [-0.2, -0.15) is 0 Å². The third-order valence-corrected chi connectivity index (χ3v) is 7.22. The van der Waals surface area contributed by atoms with Gasteiger partial charge in [0.2, 0.25) is 17.7 Å². The zero-order valence-electron chi connectivity index (χ0n) is 21.2. The summed E-state index contributed by atoms with van der Waals surface area (Å²) >= 11 is 6.15. The Labute approximate surface area is 227 Å². The number of piperidine rings is 1. The van der Waals surface area contributed by atoms with Crippen molar-refractivity contribution in [1.82, 2.24) is 4.90 Å². The molecule has 3 amide bonds. The Morgan fingerprint density at radius 3 is 2.39 bits per heavy atom. The number of carbonyl (C=O) groups is 3. The molecule has 2 aliphatic rings. The van der Waals surface area contributed by atoms with Crippen LogP contribution in [0.15, 0.2) is 77.8 Å².